The SMILES string of the molecule is Cc1c(C2CCN(C3CCC3Oc3cc(C(C(=O)O)C(C)C)on3)CC2)sc2nnc(-c3ccccc3O)cc12. The fourth-order valence-corrected chi connectivity index (χ4v) is 7.39. The Morgan fingerprint density at radius 2 is 1.90 bits per heavy atom. The number of aromatic nitrogens is 3. The lowest BCUT2D eigenvalue weighted by molar-refractivity contribution is -0.140. The molecule has 0 bridgehead atoms. The van der Waals surface area contributed by atoms with E-state index >= 15 is 0 Å². The van der Waals surface area contributed by atoms with E-state index in [1.165, 1.54) is 10.4 Å². The fourth-order valence-electron chi connectivity index (χ4n) is 6.11. The Bertz CT molecular complexity index is 1520. The summed E-state index contributed by atoms with van der Waals surface area (Å²) in [5, 5.41) is 33.8. The van der Waals surface area contributed by atoms with E-state index in [9.17, 15) is 15.0 Å². The number of carboxylic acid groups (broad SMARTS) is 1. The molecule has 1 aliphatic heterocycles. The van der Waals surface area contributed by atoms with Gasteiger partial charge >= 0.3 is 5.97 Å². The van der Waals surface area contributed by atoms with Crippen LogP contribution in [0.2, 0.25) is 0 Å². The van der Waals surface area contributed by atoms with Gasteiger partial charge in [-0.15, -0.1) is 21.5 Å². The largest absolute Gasteiger partial charge is 0.507 e. The number of benzene rings is 1. The monoisotopic (exact) mass is 562 g/mol. The Hall–Kier alpha value is -3.50. The molecule has 3 aromatic heterocycles. The molecule has 2 fully saturated rings. The second-order valence-electron chi connectivity index (χ2n) is 11.3. The number of piperidine rings is 1. The second-order valence-corrected chi connectivity index (χ2v) is 12.3. The lowest BCUT2D eigenvalue weighted by atomic mass is 9.84. The van der Waals surface area contributed by atoms with Gasteiger partial charge in [-0.3, -0.25) is 9.69 Å². The normalized spacial score (nSPS) is 21.0. The van der Waals surface area contributed by atoms with Crippen molar-refractivity contribution in [3.05, 3.63) is 52.6 Å². The van der Waals surface area contributed by atoms with Crippen molar-refractivity contribution in [1.82, 2.24) is 20.3 Å². The van der Waals surface area contributed by atoms with E-state index in [0.29, 0.717) is 34.9 Å². The van der Waals surface area contributed by atoms with Gasteiger partial charge in [0, 0.05) is 27.9 Å². The summed E-state index contributed by atoms with van der Waals surface area (Å²) in [7, 11) is 0. The number of phenols is 1. The molecule has 2 aliphatic rings. The molecule has 1 saturated carbocycles. The lowest BCUT2D eigenvalue weighted by Crippen LogP contribution is -2.55. The summed E-state index contributed by atoms with van der Waals surface area (Å²) in [5.41, 5.74) is 2.64. The minimum absolute atomic E-state index is 0.0333. The molecule has 0 spiro atoms. The molecule has 1 aliphatic carbocycles. The van der Waals surface area contributed by atoms with Gasteiger partial charge in [-0.05, 0) is 86.5 Å². The summed E-state index contributed by atoms with van der Waals surface area (Å²) in [5.74, 6) is -0.362. The van der Waals surface area contributed by atoms with Gasteiger partial charge in [0.15, 0.2) is 5.76 Å². The number of hydrogen-bond donors (Lipinski definition) is 2. The number of aromatic hydroxyl groups is 1. The van der Waals surface area contributed by atoms with E-state index in [2.05, 4.69) is 27.2 Å². The van der Waals surface area contributed by atoms with E-state index in [-0.39, 0.29) is 17.8 Å². The molecule has 10 heteroatoms. The lowest BCUT2D eigenvalue weighted by Gasteiger charge is -2.46. The highest BCUT2D eigenvalue weighted by atomic mass is 32.1. The van der Waals surface area contributed by atoms with Crippen LogP contribution < -0.4 is 4.74 Å². The average Bonchev–Trinajstić information content (AvgIpc) is 3.51. The van der Waals surface area contributed by atoms with Crippen LogP contribution in [0.5, 0.6) is 11.6 Å². The smallest absolute Gasteiger partial charge is 0.314 e. The molecule has 3 unspecified atom stereocenters. The van der Waals surface area contributed by atoms with E-state index in [0.717, 1.165) is 49.0 Å². The topological polar surface area (TPSA) is 122 Å². The zero-order chi connectivity index (χ0) is 28.0. The highest BCUT2D eigenvalue weighted by Crippen LogP contribution is 2.42. The number of phenolic OH excluding ortho intramolecular Hbond substituents is 1. The number of thiophene rings is 1. The third-order valence-electron chi connectivity index (χ3n) is 8.48. The van der Waals surface area contributed by atoms with Crippen molar-refractivity contribution in [2.75, 3.05) is 13.1 Å². The van der Waals surface area contributed by atoms with Crippen molar-refractivity contribution >= 4 is 27.5 Å². The Morgan fingerprint density at radius 3 is 2.58 bits per heavy atom. The highest BCUT2D eigenvalue weighted by molar-refractivity contribution is 7.18. The van der Waals surface area contributed by atoms with Gasteiger partial charge in [-0.25, -0.2) is 0 Å². The van der Waals surface area contributed by atoms with Gasteiger partial charge in [0.25, 0.3) is 5.88 Å². The van der Waals surface area contributed by atoms with Crippen LogP contribution in [-0.2, 0) is 4.79 Å². The predicted octanol–water partition coefficient (Wildman–Crippen LogP) is 5.97. The fraction of sp³-hybridized carbons (Fsp3) is 0.467. The first-order chi connectivity index (χ1) is 19.3. The van der Waals surface area contributed by atoms with Crippen LogP contribution in [0.3, 0.4) is 0 Å². The van der Waals surface area contributed by atoms with Gasteiger partial charge < -0.3 is 19.5 Å². The van der Waals surface area contributed by atoms with Crippen molar-refractivity contribution in [2.24, 2.45) is 5.92 Å². The van der Waals surface area contributed by atoms with Gasteiger partial charge in [-0.2, -0.15) is 0 Å². The quantitative estimate of drug-likeness (QED) is 0.267. The number of aliphatic carboxylic acids is 1. The number of ether oxygens (including phenoxy) is 1. The Morgan fingerprint density at radius 1 is 1.12 bits per heavy atom. The van der Waals surface area contributed by atoms with Gasteiger partial charge in [0.2, 0.25) is 0 Å². The van der Waals surface area contributed by atoms with Crippen LogP contribution in [-0.4, -0.2) is 61.7 Å². The first kappa shape index (κ1) is 26.7. The highest BCUT2D eigenvalue weighted by Gasteiger charge is 2.40. The van der Waals surface area contributed by atoms with Crippen LogP contribution >= 0.6 is 11.3 Å². The third kappa shape index (κ3) is 4.94. The van der Waals surface area contributed by atoms with Crippen molar-refractivity contribution in [2.45, 2.75) is 70.4 Å². The molecule has 6 rings (SSSR count). The molecule has 4 aromatic rings. The number of hydrogen-bond acceptors (Lipinski definition) is 9. The summed E-state index contributed by atoms with van der Waals surface area (Å²) >= 11 is 1.74. The second kappa shape index (κ2) is 10.8. The third-order valence-corrected chi connectivity index (χ3v) is 9.84. The van der Waals surface area contributed by atoms with Crippen LogP contribution in [0, 0.1) is 12.8 Å². The summed E-state index contributed by atoms with van der Waals surface area (Å²) in [6, 6.07) is 11.2. The molecule has 2 N–H and O–H groups in total. The average molecular weight is 563 g/mol. The zero-order valence-electron chi connectivity index (χ0n) is 22.9. The van der Waals surface area contributed by atoms with E-state index < -0.39 is 11.9 Å². The molecule has 40 heavy (non-hydrogen) atoms. The molecule has 4 heterocycles. The maximum absolute atomic E-state index is 11.6. The Kier molecular flexibility index (Phi) is 7.22. The summed E-state index contributed by atoms with van der Waals surface area (Å²) in [4.78, 5) is 16.5. The molecular formula is C30H34N4O5S. The Labute approximate surface area is 236 Å². The number of carbonyl (C=O) groups is 1. The van der Waals surface area contributed by atoms with Crippen molar-refractivity contribution in [3.8, 4) is 22.9 Å². The first-order valence-electron chi connectivity index (χ1n) is 14.0. The van der Waals surface area contributed by atoms with Gasteiger partial charge in [-0.1, -0.05) is 26.0 Å². The number of para-hydroxylation sites is 1. The van der Waals surface area contributed by atoms with Crippen LogP contribution in [0.15, 0.2) is 40.9 Å². The van der Waals surface area contributed by atoms with E-state index in [1.807, 2.05) is 32.0 Å². The minimum Gasteiger partial charge on any atom is -0.507 e. The number of nitrogens with zero attached hydrogens (tertiary/aromatic N) is 4. The van der Waals surface area contributed by atoms with Crippen LogP contribution in [0.25, 0.3) is 21.5 Å². The van der Waals surface area contributed by atoms with E-state index in [1.54, 1.807) is 29.5 Å². The van der Waals surface area contributed by atoms with Gasteiger partial charge in [0.05, 0.1) is 5.69 Å². The molecule has 9 nitrogen and oxygen atoms in total. The number of likely N-dealkylation sites (tertiary alicyclic amines) is 1. The van der Waals surface area contributed by atoms with Crippen molar-refractivity contribution in [3.63, 3.8) is 0 Å². The van der Waals surface area contributed by atoms with Crippen LogP contribution in [0.1, 0.15) is 67.6 Å². The number of rotatable bonds is 8. The predicted molar refractivity (Wildman–Crippen MR) is 152 cm³/mol. The molecule has 1 saturated heterocycles. The molecule has 0 radical (unpaired) electrons. The van der Waals surface area contributed by atoms with Crippen LogP contribution in [0.4, 0.5) is 0 Å². The summed E-state index contributed by atoms with van der Waals surface area (Å²) in [6.07, 6.45) is 4.20. The number of aryl methyl sites for hydroxylation is 1. The maximum Gasteiger partial charge on any atom is 0.314 e. The number of carboxylic acids is 1. The molecule has 210 valence electrons. The zero-order valence-corrected chi connectivity index (χ0v) is 23.7. The molecule has 3 atom stereocenters. The van der Waals surface area contributed by atoms with Crippen molar-refractivity contribution < 1.29 is 24.3 Å². The maximum atomic E-state index is 11.6. The summed E-state index contributed by atoms with van der Waals surface area (Å²) < 4.78 is 11.5. The Balaban J connectivity index is 1.10. The first-order valence-corrected chi connectivity index (χ1v) is 14.8. The number of fused-ring (bicyclic) bond motifs is 1. The minimum atomic E-state index is -0.918. The van der Waals surface area contributed by atoms with Gasteiger partial charge in [0.1, 0.15) is 22.6 Å². The van der Waals surface area contributed by atoms with E-state index in [4.69, 9.17) is 9.26 Å². The standard InChI is InChI=1S/C30H34N4O5S/c1-16(2)27(30(36)37)25-15-26(33-39-25)38-24-9-8-22(24)34-12-10-18(11-13-34)28-17(3)20-14-21(31-32-29(20)40-28)19-6-4-5-7-23(19)35/h4-7,14-16,18,22,24,27,35H,8-13H2,1-3H3,(H,36,37). The molecule has 0 amide bonds. The molecule has 1 aromatic carbocycles. The van der Waals surface area contributed by atoms with Crippen molar-refractivity contribution in [1.29, 1.82) is 0 Å². The molecular weight excluding hydrogens is 528 g/mol. The summed E-state index contributed by atoms with van der Waals surface area (Å²) in [6.45, 7) is 7.88.